The van der Waals surface area contributed by atoms with Crippen molar-refractivity contribution in [3.8, 4) is 0 Å². The van der Waals surface area contributed by atoms with Gasteiger partial charge in [-0.15, -0.1) is 11.8 Å². The highest BCUT2D eigenvalue weighted by Crippen LogP contribution is 2.44. The van der Waals surface area contributed by atoms with Gasteiger partial charge in [0.05, 0.1) is 12.3 Å². The van der Waals surface area contributed by atoms with E-state index in [2.05, 4.69) is 28.6 Å². The van der Waals surface area contributed by atoms with Gasteiger partial charge in [0.2, 0.25) is 0 Å². The number of rotatable bonds is 6. The standard InChI is InChI=1S/C18H26N4O2S/c1-5-9-20-17-16(19)21-12-7-8-18(3,11-13(12)22-17)14(25-4)10-15(23)24-6-2/h7-10,21-22H,5-6,11,19H2,1-4H3/b14-10-,20-9-. The van der Waals surface area contributed by atoms with Crippen molar-refractivity contribution in [1.29, 1.82) is 0 Å². The largest absolute Gasteiger partial charge is 0.463 e. The average molecular weight is 362 g/mol. The second-order valence-electron chi connectivity index (χ2n) is 6.02. The van der Waals surface area contributed by atoms with E-state index in [9.17, 15) is 4.79 Å². The minimum Gasteiger partial charge on any atom is -0.463 e. The molecule has 1 aliphatic heterocycles. The Morgan fingerprint density at radius 2 is 2.24 bits per heavy atom. The van der Waals surface area contributed by atoms with Crippen LogP contribution in [0.1, 0.15) is 33.6 Å². The van der Waals surface area contributed by atoms with Crippen molar-refractivity contribution >= 4 is 23.9 Å². The lowest BCUT2D eigenvalue weighted by Crippen LogP contribution is -2.37. The van der Waals surface area contributed by atoms with Crippen LogP contribution in [0.2, 0.25) is 0 Å². The molecule has 0 radical (unpaired) electrons. The molecule has 0 aromatic rings. The summed E-state index contributed by atoms with van der Waals surface area (Å²) in [5.41, 5.74) is 7.67. The fourth-order valence-corrected chi connectivity index (χ4v) is 3.55. The first-order valence-electron chi connectivity index (χ1n) is 8.35. The van der Waals surface area contributed by atoms with E-state index in [1.165, 1.54) is 0 Å². The number of nitrogens with one attached hydrogen (secondary N) is 2. The van der Waals surface area contributed by atoms with Crippen molar-refractivity contribution in [3.63, 3.8) is 0 Å². The van der Waals surface area contributed by atoms with Gasteiger partial charge in [-0.3, -0.25) is 0 Å². The number of aliphatic imine (C=N–C) groups is 1. The van der Waals surface area contributed by atoms with E-state index in [1.54, 1.807) is 24.8 Å². The summed E-state index contributed by atoms with van der Waals surface area (Å²) in [4.78, 5) is 17.2. The second kappa shape index (κ2) is 8.29. The molecule has 0 spiro atoms. The van der Waals surface area contributed by atoms with Gasteiger partial charge in [0.15, 0.2) is 5.82 Å². The van der Waals surface area contributed by atoms with Crippen molar-refractivity contribution in [2.75, 3.05) is 12.9 Å². The fourth-order valence-electron chi connectivity index (χ4n) is 2.73. The van der Waals surface area contributed by atoms with Gasteiger partial charge in [-0.05, 0) is 25.7 Å². The van der Waals surface area contributed by atoms with E-state index in [-0.39, 0.29) is 11.4 Å². The van der Waals surface area contributed by atoms with Gasteiger partial charge in [0.25, 0.3) is 0 Å². The third-order valence-electron chi connectivity index (χ3n) is 4.00. The van der Waals surface area contributed by atoms with Gasteiger partial charge in [-0.25, -0.2) is 9.79 Å². The van der Waals surface area contributed by atoms with Crippen LogP contribution >= 0.6 is 11.8 Å². The van der Waals surface area contributed by atoms with E-state index in [0.717, 1.165) is 22.7 Å². The minimum atomic E-state index is -0.312. The van der Waals surface area contributed by atoms with Crippen molar-refractivity contribution in [1.82, 2.24) is 10.6 Å². The van der Waals surface area contributed by atoms with Crippen LogP contribution in [0.4, 0.5) is 0 Å². The molecule has 136 valence electrons. The first-order valence-corrected chi connectivity index (χ1v) is 9.57. The molecule has 1 aliphatic carbocycles. The lowest BCUT2D eigenvalue weighted by molar-refractivity contribution is -0.137. The highest BCUT2D eigenvalue weighted by atomic mass is 32.2. The fraction of sp³-hybridized carbons (Fsp3) is 0.444. The SMILES string of the molecule is CC/C=N\C1=C(N)NC2=C(CC(C)(/C(=C/C(=O)OCC)SC)C=C2)N1. The Balaban J connectivity index is 2.23. The Kier molecular flexibility index (Phi) is 6.36. The molecule has 0 saturated carbocycles. The van der Waals surface area contributed by atoms with E-state index < -0.39 is 0 Å². The average Bonchev–Trinajstić information content (AvgIpc) is 2.58. The third kappa shape index (κ3) is 4.48. The Bertz CT molecular complexity index is 691. The highest BCUT2D eigenvalue weighted by Gasteiger charge is 2.33. The predicted molar refractivity (Wildman–Crippen MR) is 103 cm³/mol. The Morgan fingerprint density at radius 1 is 1.48 bits per heavy atom. The van der Waals surface area contributed by atoms with E-state index >= 15 is 0 Å². The molecule has 2 rings (SSSR count). The summed E-state index contributed by atoms with van der Waals surface area (Å²) in [5.74, 6) is 0.815. The molecule has 1 atom stereocenters. The lowest BCUT2D eigenvalue weighted by Gasteiger charge is -2.36. The molecule has 2 aliphatic rings. The number of esters is 1. The molecule has 7 heteroatoms. The number of nitrogens with two attached hydrogens (primary N) is 1. The van der Waals surface area contributed by atoms with Crippen molar-refractivity contribution < 1.29 is 9.53 Å². The van der Waals surface area contributed by atoms with Crippen LogP contribution in [-0.2, 0) is 9.53 Å². The molecule has 25 heavy (non-hydrogen) atoms. The van der Waals surface area contributed by atoms with Crippen LogP contribution in [0.5, 0.6) is 0 Å². The molecule has 1 heterocycles. The molecule has 6 nitrogen and oxygen atoms in total. The quantitative estimate of drug-likeness (QED) is 0.382. The molecule has 4 N–H and O–H groups in total. The van der Waals surface area contributed by atoms with Crippen molar-refractivity contribution in [3.05, 3.63) is 46.2 Å². The highest BCUT2D eigenvalue weighted by molar-refractivity contribution is 8.02. The number of carbonyl (C=O) groups is 1. The van der Waals surface area contributed by atoms with Crippen LogP contribution in [0, 0.1) is 5.41 Å². The lowest BCUT2D eigenvalue weighted by atomic mass is 9.80. The van der Waals surface area contributed by atoms with Crippen molar-refractivity contribution in [2.24, 2.45) is 16.1 Å². The molecule has 0 aromatic heterocycles. The Labute approximate surface area is 153 Å². The first-order chi connectivity index (χ1) is 11.9. The molecular formula is C18H26N4O2S. The first kappa shape index (κ1) is 19.2. The van der Waals surface area contributed by atoms with Crippen LogP contribution in [0.15, 0.2) is 51.2 Å². The molecule has 0 fully saturated rings. The molecule has 1 unspecified atom stereocenters. The third-order valence-corrected chi connectivity index (χ3v) is 5.03. The summed E-state index contributed by atoms with van der Waals surface area (Å²) >= 11 is 1.56. The number of thioether (sulfide) groups is 1. The summed E-state index contributed by atoms with van der Waals surface area (Å²) in [6.45, 7) is 6.30. The zero-order valence-electron chi connectivity index (χ0n) is 15.2. The topological polar surface area (TPSA) is 88.7 Å². The number of nitrogens with zero attached hydrogens (tertiary/aromatic N) is 1. The maximum absolute atomic E-state index is 11.9. The summed E-state index contributed by atoms with van der Waals surface area (Å²) in [6, 6.07) is 0. The molecule has 0 saturated heterocycles. The number of ether oxygens (including phenoxy) is 1. The smallest absolute Gasteiger partial charge is 0.331 e. The monoisotopic (exact) mass is 362 g/mol. The number of hydrogen-bond donors (Lipinski definition) is 3. The summed E-state index contributed by atoms with van der Waals surface area (Å²) in [6.07, 6.45) is 11.0. The molecule has 0 amide bonds. The van der Waals surface area contributed by atoms with Crippen LogP contribution in [0.25, 0.3) is 0 Å². The minimum absolute atomic E-state index is 0.300. The van der Waals surface area contributed by atoms with Crippen molar-refractivity contribution in [2.45, 2.75) is 33.6 Å². The Morgan fingerprint density at radius 3 is 2.88 bits per heavy atom. The maximum atomic E-state index is 11.9. The number of allylic oxidation sites excluding steroid dienone is 4. The second-order valence-corrected chi connectivity index (χ2v) is 6.86. The predicted octanol–water partition coefficient (Wildman–Crippen LogP) is 2.73. The number of hydrogen-bond acceptors (Lipinski definition) is 7. The van der Waals surface area contributed by atoms with Gasteiger partial charge >= 0.3 is 5.97 Å². The van der Waals surface area contributed by atoms with Gasteiger partial charge in [-0.2, -0.15) is 0 Å². The normalized spacial score (nSPS) is 23.4. The molecule has 0 aromatic carbocycles. The van der Waals surface area contributed by atoms with Crippen LogP contribution in [0.3, 0.4) is 0 Å². The Hall–Kier alpha value is -2.15. The summed E-state index contributed by atoms with van der Waals surface area (Å²) in [5, 5.41) is 6.51. The zero-order chi connectivity index (χ0) is 18.4. The van der Waals surface area contributed by atoms with Gasteiger partial charge < -0.3 is 21.1 Å². The maximum Gasteiger partial charge on any atom is 0.331 e. The van der Waals surface area contributed by atoms with Gasteiger partial charge in [0, 0.05) is 34.7 Å². The molecular weight excluding hydrogens is 336 g/mol. The van der Waals surface area contributed by atoms with Crippen LogP contribution in [-0.4, -0.2) is 25.0 Å². The zero-order valence-corrected chi connectivity index (χ0v) is 16.0. The van der Waals surface area contributed by atoms with E-state index in [4.69, 9.17) is 10.5 Å². The summed E-state index contributed by atoms with van der Waals surface area (Å²) < 4.78 is 5.06. The van der Waals surface area contributed by atoms with Crippen LogP contribution < -0.4 is 16.4 Å². The number of carbonyl (C=O) groups excluding carboxylic acids is 1. The van der Waals surface area contributed by atoms with Gasteiger partial charge in [0.1, 0.15) is 5.82 Å². The van der Waals surface area contributed by atoms with E-state index in [0.29, 0.717) is 24.7 Å². The molecule has 0 bridgehead atoms. The summed E-state index contributed by atoms with van der Waals surface area (Å²) in [7, 11) is 0. The van der Waals surface area contributed by atoms with E-state index in [1.807, 2.05) is 25.5 Å². The van der Waals surface area contributed by atoms with Gasteiger partial charge in [-0.1, -0.05) is 19.9 Å².